The summed E-state index contributed by atoms with van der Waals surface area (Å²) in [7, 11) is -1.85. The van der Waals surface area contributed by atoms with E-state index in [1.165, 1.54) is 31.0 Å². The Labute approximate surface area is 119 Å². The number of hydrogen-bond donors (Lipinski definition) is 2. The number of sulfonamides is 1. The average Bonchev–Trinajstić information content (AvgIpc) is 3.21. The van der Waals surface area contributed by atoms with E-state index in [0.29, 0.717) is 18.7 Å². The molecule has 2 N–H and O–H groups in total. The van der Waals surface area contributed by atoms with Crippen molar-refractivity contribution in [3.8, 4) is 0 Å². The molecule has 1 aromatic rings. The number of rotatable bonds is 8. The molecule has 0 unspecified atom stereocenters. The Balaban J connectivity index is 1.98. The molecule has 0 aliphatic heterocycles. The van der Waals surface area contributed by atoms with Crippen LogP contribution >= 0.6 is 0 Å². The first kappa shape index (κ1) is 15.4. The second-order valence-electron chi connectivity index (χ2n) is 5.27. The minimum absolute atomic E-state index is 0.121. The Bertz CT molecular complexity index is 556. The molecule has 1 aliphatic carbocycles. The van der Waals surface area contributed by atoms with Gasteiger partial charge in [0.25, 0.3) is 0 Å². The van der Waals surface area contributed by atoms with E-state index >= 15 is 0 Å². The van der Waals surface area contributed by atoms with Gasteiger partial charge in [-0.05, 0) is 44.0 Å². The van der Waals surface area contributed by atoms with E-state index in [-0.39, 0.29) is 4.90 Å². The largest absolute Gasteiger partial charge is 0.316 e. The third kappa shape index (κ3) is 4.26. The minimum atomic E-state index is -3.54. The van der Waals surface area contributed by atoms with Crippen LogP contribution in [0.3, 0.4) is 0 Å². The molecule has 0 bridgehead atoms. The number of benzene rings is 1. The van der Waals surface area contributed by atoms with Gasteiger partial charge < -0.3 is 5.32 Å². The van der Waals surface area contributed by atoms with E-state index in [0.717, 1.165) is 18.8 Å². The molecule has 1 aliphatic rings. The van der Waals surface area contributed by atoms with Gasteiger partial charge in [-0.3, -0.25) is 0 Å². The van der Waals surface area contributed by atoms with Crippen LogP contribution in [-0.2, 0) is 16.6 Å². The van der Waals surface area contributed by atoms with Crippen LogP contribution in [0.2, 0.25) is 0 Å². The lowest BCUT2D eigenvalue weighted by Gasteiger charge is -2.09. The lowest BCUT2D eigenvalue weighted by molar-refractivity contribution is 0.570. The highest BCUT2D eigenvalue weighted by molar-refractivity contribution is 7.89. The zero-order chi connectivity index (χ0) is 14.6. The third-order valence-electron chi connectivity index (χ3n) is 3.47. The molecule has 0 aromatic heterocycles. The molecule has 6 heteroatoms. The van der Waals surface area contributed by atoms with Crippen molar-refractivity contribution < 1.29 is 12.8 Å². The van der Waals surface area contributed by atoms with Crippen LogP contribution in [0, 0.1) is 11.7 Å². The van der Waals surface area contributed by atoms with E-state index in [4.69, 9.17) is 0 Å². The van der Waals surface area contributed by atoms with Gasteiger partial charge in [0.2, 0.25) is 10.0 Å². The lowest BCUT2D eigenvalue weighted by Crippen LogP contribution is -2.25. The third-order valence-corrected chi connectivity index (χ3v) is 4.93. The Morgan fingerprint density at radius 1 is 1.35 bits per heavy atom. The molecule has 0 amide bonds. The fraction of sp³-hybridized carbons (Fsp3) is 0.571. The maximum absolute atomic E-state index is 13.5. The second kappa shape index (κ2) is 6.65. The van der Waals surface area contributed by atoms with Crippen LogP contribution in [0.5, 0.6) is 0 Å². The number of hydrogen-bond acceptors (Lipinski definition) is 3. The highest BCUT2D eigenvalue weighted by Crippen LogP contribution is 2.33. The first-order chi connectivity index (χ1) is 9.53. The quantitative estimate of drug-likeness (QED) is 0.722. The summed E-state index contributed by atoms with van der Waals surface area (Å²) in [5.74, 6) is 0.402. The van der Waals surface area contributed by atoms with Crippen LogP contribution < -0.4 is 10.0 Å². The van der Waals surface area contributed by atoms with E-state index in [1.807, 2.05) is 0 Å². The van der Waals surface area contributed by atoms with Crippen LogP contribution in [0.4, 0.5) is 4.39 Å². The molecule has 20 heavy (non-hydrogen) atoms. The summed E-state index contributed by atoms with van der Waals surface area (Å²) in [6.45, 7) is 0.744. The molecule has 0 spiro atoms. The van der Waals surface area contributed by atoms with Gasteiger partial charge in [-0.1, -0.05) is 12.8 Å². The van der Waals surface area contributed by atoms with Gasteiger partial charge in [-0.2, -0.15) is 0 Å². The first-order valence-electron chi connectivity index (χ1n) is 6.95. The van der Waals surface area contributed by atoms with Gasteiger partial charge in [0.05, 0.1) is 4.90 Å². The molecule has 0 saturated heterocycles. The highest BCUT2D eigenvalue weighted by Gasteiger charge is 2.21. The summed E-state index contributed by atoms with van der Waals surface area (Å²) in [6, 6.07) is 3.89. The van der Waals surface area contributed by atoms with Crippen molar-refractivity contribution in [1.29, 1.82) is 0 Å². The molecular weight excluding hydrogens is 279 g/mol. The summed E-state index contributed by atoms with van der Waals surface area (Å²) in [5, 5.41) is 2.82. The van der Waals surface area contributed by atoms with Gasteiger partial charge in [0.15, 0.2) is 0 Å². The highest BCUT2D eigenvalue weighted by atomic mass is 32.2. The molecule has 112 valence electrons. The topological polar surface area (TPSA) is 58.2 Å². The van der Waals surface area contributed by atoms with Crippen LogP contribution in [0.15, 0.2) is 23.1 Å². The van der Waals surface area contributed by atoms with Gasteiger partial charge in [0.1, 0.15) is 5.82 Å². The van der Waals surface area contributed by atoms with Crippen molar-refractivity contribution in [2.45, 2.75) is 37.1 Å². The molecule has 1 saturated carbocycles. The molecule has 0 radical (unpaired) electrons. The van der Waals surface area contributed by atoms with Crippen LogP contribution in [-0.4, -0.2) is 22.0 Å². The Hall–Kier alpha value is -0.980. The summed E-state index contributed by atoms with van der Waals surface area (Å²) in [4.78, 5) is 0.121. The summed E-state index contributed by atoms with van der Waals surface area (Å²) in [5.41, 5.74) is 0.355. The van der Waals surface area contributed by atoms with Crippen molar-refractivity contribution in [3.63, 3.8) is 0 Å². The predicted octanol–water partition coefficient (Wildman–Crippen LogP) is 2.01. The summed E-state index contributed by atoms with van der Waals surface area (Å²) >= 11 is 0. The Morgan fingerprint density at radius 3 is 2.75 bits per heavy atom. The van der Waals surface area contributed by atoms with Crippen molar-refractivity contribution in [2.75, 3.05) is 13.6 Å². The standard InChI is InChI=1S/C14H21FN2O2S/c1-16-10-12-9-13(6-7-14(12)15)20(18,19)17-8-2-3-11-4-5-11/h6-7,9,11,16-17H,2-5,8,10H2,1H3. The molecule has 2 rings (SSSR count). The zero-order valence-electron chi connectivity index (χ0n) is 11.7. The summed E-state index contributed by atoms with van der Waals surface area (Å²) in [6.07, 6.45) is 4.49. The Kier molecular flexibility index (Phi) is 5.12. The van der Waals surface area contributed by atoms with Crippen molar-refractivity contribution in [2.24, 2.45) is 5.92 Å². The molecule has 1 fully saturated rings. The summed E-state index contributed by atoms with van der Waals surface area (Å²) < 4.78 is 40.3. The Morgan fingerprint density at radius 2 is 2.10 bits per heavy atom. The maximum atomic E-state index is 13.5. The van der Waals surface area contributed by atoms with Crippen molar-refractivity contribution in [1.82, 2.24) is 10.0 Å². The molecule has 0 atom stereocenters. The minimum Gasteiger partial charge on any atom is -0.316 e. The van der Waals surface area contributed by atoms with E-state index in [1.54, 1.807) is 7.05 Å². The average molecular weight is 300 g/mol. The first-order valence-corrected chi connectivity index (χ1v) is 8.44. The number of nitrogens with one attached hydrogen (secondary N) is 2. The smallest absolute Gasteiger partial charge is 0.240 e. The van der Waals surface area contributed by atoms with E-state index in [9.17, 15) is 12.8 Å². The molecule has 1 aromatic carbocycles. The van der Waals surface area contributed by atoms with Crippen LogP contribution in [0.25, 0.3) is 0 Å². The van der Waals surface area contributed by atoms with Gasteiger partial charge >= 0.3 is 0 Å². The van der Waals surface area contributed by atoms with E-state index < -0.39 is 15.8 Å². The fourth-order valence-corrected chi connectivity index (χ4v) is 3.26. The van der Waals surface area contributed by atoms with Gasteiger partial charge in [0, 0.05) is 18.7 Å². The van der Waals surface area contributed by atoms with E-state index in [2.05, 4.69) is 10.0 Å². The van der Waals surface area contributed by atoms with Gasteiger partial charge in [-0.25, -0.2) is 17.5 Å². The SMILES string of the molecule is CNCc1cc(S(=O)(=O)NCCCC2CC2)ccc1F. The predicted molar refractivity (Wildman–Crippen MR) is 76.3 cm³/mol. The van der Waals surface area contributed by atoms with Crippen molar-refractivity contribution >= 4 is 10.0 Å². The lowest BCUT2D eigenvalue weighted by atomic mass is 10.2. The molecule has 4 nitrogen and oxygen atoms in total. The zero-order valence-corrected chi connectivity index (χ0v) is 12.5. The van der Waals surface area contributed by atoms with Gasteiger partial charge in [-0.15, -0.1) is 0 Å². The van der Waals surface area contributed by atoms with Crippen LogP contribution in [0.1, 0.15) is 31.2 Å². The monoisotopic (exact) mass is 300 g/mol. The normalized spacial score (nSPS) is 15.5. The fourth-order valence-electron chi connectivity index (χ4n) is 2.13. The second-order valence-corrected chi connectivity index (χ2v) is 7.03. The molecular formula is C14H21FN2O2S. The maximum Gasteiger partial charge on any atom is 0.240 e. The van der Waals surface area contributed by atoms with Crippen molar-refractivity contribution in [3.05, 3.63) is 29.6 Å². The molecule has 0 heterocycles. The number of halogens is 1.